The monoisotopic (exact) mass is 330 g/mol. The number of benzene rings is 2. The van der Waals surface area contributed by atoms with Gasteiger partial charge in [0.25, 0.3) is 0 Å². The first-order chi connectivity index (χ1) is 9.74. The second kappa shape index (κ2) is 5.98. The Morgan fingerprint density at radius 3 is 2.45 bits per heavy atom. The van der Waals surface area contributed by atoms with Crippen molar-refractivity contribution in [1.82, 2.24) is 5.32 Å². The van der Waals surface area contributed by atoms with E-state index < -0.39 is 0 Å². The standard InChI is InChI=1S/C17H19BrN2/c1-13-11-19-17(14-5-3-2-4-6-14)12-20(13)16-9-7-15(18)8-10-16/h2-10,13,17,19H,11-12H2,1H3. The molecular weight excluding hydrogens is 312 g/mol. The number of rotatable bonds is 2. The van der Waals surface area contributed by atoms with Gasteiger partial charge in [-0.3, -0.25) is 0 Å². The normalized spacial score (nSPS) is 22.8. The molecule has 104 valence electrons. The van der Waals surface area contributed by atoms with Gasteiger partial charge in [0, 0.05) is 35.3 Å². The molecule has 0 aliphatic carbocycles. The molecule has 2 atom stereocenters. The highest BCUT2D eigenvalue weighted by molar-refractivity contribution is 9.10. The number of nitrogens with one attached hydrogen (secondary N) is 1. The maximum atomic E-state index is 3.65. The van der Waals surface area contributed by atoms with E-state index in [-0.39, 0.29) is 0 Å². The third kappa shape index (κ3) is 2.89. The summed E-state index contributed by atoms with van der Waals surface area (Å²) in [6.45, 7) is 4.29. The summed E-state index contributed by atoms with van der Waals surface area (Å²) < 4.78 is 1.13. The number of hydrogen-bond donors (Lipinski definition) is 1. The van der Waals surface area contributed by atoms with Crippen LogP contribution in [0.4, 0.5) is 5.69 Å². The SMILES string of the molecule is CC1CNC(c2ccccc2)CN1c1ccc(Br)cc1. The predicted octanol–water partition coefficient (Wildman–Crippen LogP) is 3.99. The fourth-order valence-electron chi connectivity index (χ4n) is 2.77. The first-order valence-electron chi connectivity index (χ1n) is 7.04. The Hall–Kier alpha value is -1.32. The highest BCUT2D eigenvalue weighted by Crippen LogP contribution is 2.26. The van der Waals surface area contributed by atoms with Gasteiger partial charge in [0.2, 0.25) is 0 Å². The minimum absolute atomic E-state index is 0.399. The molecule has 1 heterocycles. The lowest BCUT2D eigenvalue weighted by molar-refractivity contribution is 0.414. The summed E-state index contributed by atoms with van der Waals surface area (Å²) >= 11 is 3.50. The Morgan fingerprint density at radius 2 is 1.75 bits per heavy atom. The molecule has 0 bridgehead atoms. The van der Waals surface area contributed by atoms with Gasteiger partial charge >= 0.3 is 0 Å². The third-order valence-corrected chi connectivity index (χ3v) is 4.46. The summed E-state index contributed by atoms with van der Waals surface area (Å²) in [6.07, 6.45) is 0. The summed E-state index contributed by atoms with van der Waals surface area (Å²) in [7, 11) is 0. The average Bonchev–Trinajstić information content (AvgIpc) is 2.50. The first kappa shape index (κ1) is 13.7. The van der Waals surface area contributed by atoms with Crippen molar-refractivity contribution in [2.45, 2.75) is 19.0 Å². The topological polar surface area (TPSA) is 15.3 Å². The van der Waals surface area contributed by atoms with E-state index in [0.29, 0.717) is 12.1 Å². The quantitative estimate of drug-likeness (QED) is 0.895. The molecule has 0 radical (unpaired) electrons. The Balaban J connectivity index is 1.82. The predicted molar refractivity (Wildman–Crippen MR) is 88.1 cm³/mol. The Morgan fingerprint density at radius 1 is 1.05 bits per heavy atom. The van der Waals surface area contributed by atoms with Crippen molar-refractivity contribution >= 4 is 21.6 Å². The minimum atomic E-state index is 0.399. The molecule has 1 aliphatic heterocycles. The fraction of sp³-hybridized carbons (Fsp3) is 0.294. The fourth-order valence-corrected chi connectivity index (χ4v) is 3.03. The zero-order valence-electron chi connectivity index (χ0n) is 11.6. The molecule has 3 heteroatoms. The molecule has 0 amide bonds. The minimum Gasteiger partial charge on any atom is -0.366 e. The average molecular weight is 331 g/mol. The van der Waals surface area contributed by atoms with Crippen LogP contribution in [0.1, 0.15) is 18.5 Å². The molecule has 2 aromatic carbocycles. The van der Waals surface area contributed by atoms with Crippen LogP contribution in [0.2, 0.25) is 0 Å². The van der Waals surface area contributed by atoms with Crippen LogP contribution in [0.5, 0.6) is 0 Å². The van der Waals surface area contributed by atoms with Crippen LogP contribution in [0.15, 0.2) is 59.1 Å². The summed E-state index contributed by atoms with van der Waals surface area (Å²) in [4.78, 5) is 2.49. The highest BCUT2D eigenvalue weighted by atomic mass is 79.9. The molecule has 1 saturated heterocycles. The lowest BCUT2D eigenvalue weighted by atomic mass is 10.0. The van der Waals surface area contributed by atoms with E-state index >= 15 is 0 Å². The van der Waals surface area contributed by atoms with E-state index in [9.17, 15) is 0 Å². The Bertz CT molecular complexity index is 553. The maximum Gasteiger partial charge on any atom is 0.0499 e. The molecule has 1 N–H and O–H groups in total. The lowest BCUT2D eigenvalue weighted by Crippen LogP contribution is -2.51. The van der Waals surface area contributed by atoms with Crippen molar-refractivity contribution < 1.29 is 0 Å². The summed E-state index contributed by atoms with van der Waals surface area (Å²) in [5, 5.41) is 3.65. The number of hydrogen-bond acceptors (Lipinski definition) is 2. The zero-order valence-corrected chi connectivity index (χ0v) is 13.2. The van der Waals surface area contributed by atoms with Crippen molar-refractivity contribution in [3.63, 3.8) is 0 Å². The van der Waals surface area contributed by atoms with Crippen molar-refractivity contribution in [2.75, 3.05) is 18.0 Å². The van der Waals surface area contributed by atoms with Crippen LogP contribution in [0.3, 0.4) is 0 Å². The smallest absolute Gasteiger partial charge is 0.0499 e. The van der Waals surface area contributed by atoms with E-state index in [2.05, 4.69) is 87.7 Å². The largest absolute Gasteiger partial charge is 0.366 e. The number of piperazine rings is 1. The lowest BCUT2D eigenvalue weighted by Gasteiger charge is -2.40. The van der Waals surface area contributed by atoms with Crippen molar-refractivity contribution in [1.29, 1.82) is 0 Å². The van der Waals surface area contributed by atoms with Crippen LogP contribution in [-0.4, -0.2) is 19.1 Å². The van der Waals surface area contributed by atoms with Gasteiger partial charge in [-0.05, 0) is 36.8 Å². The Kier molecular flexibility index (Phi) is 4.08. The van der Waals surface area contributed by atoms with Gasteiger partial charge in [0.1, 0.15) is 0 Å². The van der Waals surface area contributed by atoms with E-state index in [4.69, 9.17) is 0 Å². The molecule has 1 aliphatic rings. The third-order valence-electron chi connectivity index (χ3n) is 3.93. The second-order valence-electron chi connectivity index (χ2n) is 5.35. The van der Waals surface area contributed by atoms with Crippen molar-refractivity contribution in [3.8, 4) is 0 Å². The number of nitrogens with zero attached hydrogens (tertiary/aromatic N) is 1. The van der Waals surface area contributed by atoms with E-state index in [1.165, 1.54) is 11.3 Å². The molecule has 20 heavy (non-hydrogen) atoms. The molecule has 0 aromatic heterocycles. The molecule has 3 rings (SSSR count). The molecule has 2 unspecified atom stereocenters. The van der Waals surface area contributed by atoms with Crippen LogP contribution in [-0.2, 0) is 0 Å². The first-order valence-corrected chi connectivity index (χ1v) is 7.84. The summed E-state index contributed by atoms with van der Waals surface area (Å²) in [6, 6.07) is 20.2. The molecule has 2 aromatic rings. The molecule has 0 spiro atoms. The molecule has 1 fully saturated rings. The van der Waals surface area contributed by atoms with Crippen molar-refractivity contribution in [2.24, 2.45) is 0 Å². The van der Waals surface area contributed by atoms with E-state index in [0.717, 1.165) is 17.6 Å². The van der Waals surface area contributed by atoms with Crippen LogP contribution >= 0.6 is 15.9 Å². The van der Waals surface area contributed by atoms with Crippen LogP contribution in [0, 0.1) is 0 Å². The second-order valence-corrected chi connectivity index (χ2v) is 6.26. The van der Waals surface area contributed by atoms with Crippen LogP contribution < -0.4 is 10.2 Å². The van der Waals surface area contributed by atoms with Gasteiger partial charge in [0.15, 0.2) is 0 Å². The summed E-state index contributed by atoms with van der Waals surface area (Å²) in [5.74, 6) is 0. The zero-order chi connectivity index (χ0) is 13.9. The van der Waals surface area contributed by atoms with Gasteiger partial charge in [-0.1, -0.05) is 46.3 Å². The molecular formula is C17H19BrN2. The van der Waals surface area contributed by atoms with Gasteiger partial charge in [-0.25, -0.2) is 0 Å². The van der Waals surface area contributed by atoms with Crippen molar-refractivity contribution in [3.05, 3.63) is 64.6 Å². The van der Waals surface area contributed by atoms with Gasteiger partial charge < -0.3 is 10.2 Å². The Labute approximate surface area is 128 Å². The van der Waals surface area contributed by atoms with Gasteiger partial charge in [-0.15, -0.1) is 0 Å². The molecule has 2 nitrogen and oxygen atoms in total. The van der Waals surface area contributed by atoms with Crippen LogP contribution in [0.25, 0.3) is 0 Å². The highest BCUT2D eigenvalue weighted by Gasteiger charge is 2.25. The number of anilines is 1. The van der Waals surface area contributed by atoms with Gasteiger partial charge in [-0.2, -0.15) is 0 Å². The van der Waals surface area contributed by atoms with E-state index in [1.807, 2.05) is 0 Å². The van der Waals surface area contributed by atoms with E-state index in [1.54, 1.807) is 0 Å². The molecule has 0 saturated carbocycles. The summed E-state index contributed by atoms with van der Waals surface area (Å²) in [5.41, 5.74) is 2.66. The van der Waals surface area contributed by atoms with Gasteiger partial charge in [0.05, 0.1) is 0 Å². The number of halogens is 1. The maximum absolute atomic E-state index is 3.65.